The van der Waals surface area contributed by atoms with Crippen molar-refractivity contribution in [1.82, 2.24) is 14.2 Å². The number of benzene rings is 2. The maximum atomic E-state index is 13.1. The van der Waals surface area contributed by atoms with Crippen LogP contribution >= 0.6 is 0 Å². The van der Waals surface area contributed by atoms with Crippen LogP contribution in [-0.2, 0) is 21.4 Å². The number of hydrogen-bond acceptors (Lipinski definition) is 3. The smallest absolute Gasteiger partial charge is 0.243 e. The van der Waals surface area contributed by atoms with E-state index in [0.29, 0.717) is 24.5 Å². The van der Waals surface area contributed by atoms with Gasteiger partial charge in [-0.3, -0.25) is 4.79 Å². The summed E-state index contributed by atoms with van der Waals surface area (Å²) in [4.78, 5) is 12.8. The monoisotopic (exact) mass is 453 g/mol. The molecule has 2 aromatic carbocycles. The van der Waals surface area contributed by atoms with Crippen molar-refractivity contribution in [2.24, 2.45) is 0 Å². The number of hydrogen-bond donors (Lipinski definition) is 1. The van der Waals surface area contributed by atoms with Crippen molar-refractivity contribution in [3.05, 3.63) is 66.4 Å². The van der Waals surface area contributed by atoms with Crippen molar-refractivity contribution in [2.75, 3.05) is 19.6 Å². The number of fused-ring (bicyclic) bond motifs is 1. The van der Waals surface area contributed by atoms with Gasteiger partial charge in [0.15, 0.2) is 0 Å². The van der Waals surface area contributed by atoms with Gasteiger partial charge in [-0.25, -0.2) is 8.42 Å². The van der Waals surface area contributed by atoms with Gasteiger partial charge in [0, 0.05) is 36.7 Å². The Morgan fingerprint density at radius 2 is 1.72 bits per heavy atom. The molecule has 0 spiro atoms. The molecule has 4 rings (SSSR count). The van der Waals surface area contributed by atoms with Crippen LogP contribution in [0.5, 0.6) is 0 Å². The molecule has 2 heterocycles. The Kier molecular flexibility index (Phi) is 6.96. The fourth-order valence-corrected chi connectivity index (χ4v) is 5.84. The van der Waals surface area contributed by atoms with Crippen molar-refractivity contribution in [1.29, 1.82) is 0 Å². The summed E-state index contributed by atoms with van der Waals surface area (Å²) in [5, 5.41) is 3.83. The van der Waals surface area contributed by atoms with Crippen molar-refractivity contribution in [3.8, 4) is 0 Å². The van der Waals surface area contributed by atoms with Crippen molar-refractivity contribution in [2.45, 2.75) is 50.0 Å². The predicted octanol–water partition coefficient (Wildman–Crippen LogP) is 4.13. The van der Waals surface area contributed by atoms with Crippen LogP contribution in [0.25, 0.3) is 10.9 Å². The molecule has 0 radical (unpaired) electrons. The third-order valence-electron chi connectivity index (χ3n) is 6.23. The van der Waals surface area contributed by atoms with E-state index in [1.807, 2.05) is 35.0 Å². The molecule has 0 aliphatic carbocycles. The molecule has 0 saturated carbocycles. The number of nitrogens with one attached hydrogen (secondary N) is 1. The Labute approximate surface area is 190 Å². The van der Waals surface area contributed by atoms with Gasteiger partial charge in [0.2, 0.25) is 15.9 Å². The third-order valence-corrected chi connectivity index (χ3v) is 8.13. The minimum atomic E-state index is -3.49. The van der Waals surface area contributed by atoms with E-state index in [-0.39, 0.29) is 18.4 Å². The molecule has 1 aliphatic heterocycles. The predicted molar refractivity (Wildman–Crippen MR) is 127 cm³/mol. The molecule has 32 heavy (non-hydrogen) atoms. The first-order chi connectivity index (χ1) is 15.4. The Bertz CT molecular complexity index is 1160. The molecule has 1 fully saturated rings. The van der Waals surface area contributed by atoms with E-state index in [9.17, 15) is 13.2 Å². The molecule has 0 bridgehead atoms. The lowest BCUT2D eigenvalue weighted by molar-refractivity contribution is -0.121. The van der Waals surface area contributed by atoms with E-state index in [0.717, 1.165) is 36.6 Å². The molecule has 7 heteroatoms. The Morgan fingerprint density at radius 3 is 2.44 bits per heavy atom. The summed E-state index contributed by atoms with van der Waals surface area (Å²) in [7, 11) is -3.49. The van der Waals surface area contributed by atoms with Gasteiger partial charge in [0.1, 0.15) is 6.54 Å². The largest absolute Gasteiger partial charge is 0.354 e. The summed E-state index contributed by atoms with van der Waals surface area (Å²) < 4.78 is 29.7. The number of nitrogens with zero attached hydrogens (tertiary/aromatic N) is 2. The quantitative estimate of drug-likeness (QED) is 0.585. The summed E-state index contributed by atoms with van der Waals surface area (Å²) in [5.74, 6) is 0.167. The van der Waals surface area contributed by atoms with Crippen LogP contribution in [0, 0.1) is 0 Å². The number of rotatable bonds is 7. The van der Waals surface area contributed by atoms with E-state index in [1.165, 1.54) is 5.56 Å². The zero-order chi connectivity index (χ0) is 22.6. The van der Waals surface area contributed by atoms with Gasteiger partial charge in [-0.1, -0.05) is 50.1 Å². The van der Waals surface area contributed by atoms with Gasteiger partial charge >= 0.3 is 0 Å². The minimum Gasteiger partial charge on any atom is -0.354 e. The lowest BCUT2D eigenvalue weighted by atomic mass is 10.0. The first kappa shape index (κ1) is 22.6. The van der Waals surface area contributed by atoms with Crippen LogP contribution in [0.2, 0.25) is 0 Å². The van der Waals surface area contributed by atoms with E-state index in [4.69, 9.17) is 0 Å². The molecular weight excluding hydrogens is 422 g/mol. The zero-order valence-electron chi connectivity index (χ0n) is 18.5. The topological polar surface area (TPSA) is 71.4 Å². The van der Waals surface area contributed by atoms with E-state index < -0.39 is 10.0 Å². The number of aromatic nitrogens is 1. The molecule has 1 amide bonds. The van der Waals surface area contributed by atoms with Crippen LogP contribution in [-0.4, -0.2) is 42.8 Å². The van der Waals surface area contributed by atoms with Crippen LogP contribution in [0.15, 0.2) is 65.7 Å². The molecular formula is C25H31N3O3S. The van der Waals surface area contributed by atoms with Gasteiger partial charge in [-0.05, 0) is 48.6 Å². The van der Waals surface area contributed by atoms with E-state index in [1.54, 1.807) is 22.5 Å². The summed E-state index contributed by atoms with van der Waals surface area (Å²) >= 11 is 0. The average Bonchev–Trinajstić information content (AvgIpc) is 3.00. The van der Waals surface area contributed by atoms with Crippen molar-refractivity contribution >= 4 is 26.8 Å². The fraction of sp³-hybridized carbons (Fsp3) is 0.400. The summed E-state index contributed by atoms with van der Waals surface area (Å²) in [6, 6.07) is 17.2. The van der Waals surface area contributed by atoms with Crippen molar-refractivity contribution in [3.63, 3.8) is 0 Å². The Morgan fingerprint density at radius 1 is 1.00 bits per heavy atom. The highest BCUT2D eigenvalue weighted by Crippen LogP contribution is 2.25. The standard InChI is InChI=1S/C25H31N3O3S/c1-20(21-9-5-4-6-10-21)18-26-25(29)19-27-16-13-22-17-23(11-12-24(22)27)32(30,31)28-14-7-2-3-8-15-28/h4-6,9-13,16-17,20H,2-3,7-8,14-15,18-19H2,1H3,(H,26,29)/t20-/m1/s1. The highest BCUT2D eigenvalue weighted by atomic mass is 32.2. The molecule has 6 nitrogen and oxygen atoms in total. The SMILES string of the molecule is C[C@H](CNC(=O)Cn1ccc2cc(S(=O)(=O)N3CCCCCC3)ccc21)c1ccccc1. The lowest BCUT2D eigenvalue weighted by Gasteiger charge is -2.20. The molecule has 1 atom stereocenters. The summed E-state index contributed by atoms with van der Waals surface area (Å²) in [6.07, 6.45) is 5.83. The maximum Gasteiger partial charge on any atom is 0.243 e. The summed E-state index contributed by atoms with van der Waals surface area (Å²) in [6.45, 7) is 4.03. The lowest BCUT2D eigenvalue weighted by Crippen LogP contribution is -2.32. The number of sulfonamides is 1. The van der Waals surface area contributed by atoms with Crippen LogP contribution < -0.4 is 5.32 Å². The van der Waals surface area contributed by atoms with Gasteiger partial charge in [-0.15, -0.1) is 0 Å². The van der Waals surface area contributed by atoms with Crippen LogP contribution in [0.4, 0.5) is 0 Å². The molecule has 170 valence electrons. The zero-order valence-corrected chi connectivity index (χ0v) is 19.4. The highest BCUT2D eigenvalue weighted by Gasteiger charge is 2.25. The van der Waals surface area contributed by atoms with Gasteiger partial charge in [-0.2, -0.15) is 4.31 Å². The number of carbonyl (C=O) groups is 1. The molecule has 1 aliphatic rings. The van der Waals surface area contributed by atoms with Crippen molar-refractivity contribution < 1.29 is 13.2 Å². The van der Waals surface area contributed by atoms with Crippen LogP contribution in [0.1, 0.15) is 44.1 Å². The molecule has 1 aromatic heterocycles. The van der Waals surface area contributed by atoms with Gasteiger partial charge in [0.05, 0.1) is 4.90 Å². The Hall–Kier alpha value is -2.64. The van der Waals surface area contributed by atoms with Crippen LogP contribution in [0.3, 0.4) is 0 Å². The van der Waals surface area contributed by atoms with Gasteiger partial charge < -0.3 is 9.88 Å². The minimum absolute atomic E-state index is 0.0634. The average molecular weight is 454 g/mol. The second-order valence-corrected chi connectivity index (χ2v) is 10.5. The first-order valence-electron chi connectivity index (χ1n) is 11.4. The van der Waals surface area contributed by atoms with Gasteiger partial charge in [0.25, 0.3) is 0 Å². The Balaban J connectivity index is 1.43. The number of carbonyl (C=O) groups excluding carboxylic acids is 1. The second-order valence-electron chi connectivity index (χ2n) is 8.60. The molecule has 1 N–H and O–H groups in total. The second kappa shape index (κ2) is 9.88. The third kappa shape index (κ3) is 5.05. The first-order valence-corrected chi connectivity index (χ1v) is 12.8. The fourth-order valence-electron chi connectivity index (χ4n) is 4.28. The molecule has 0 unspecified atom stereocenters. The van der Waals surface area contributed by atoms with E-state index >= 15 is 0 Å². The maximum absolute atomic E-state index is 13.1. The molecule has 1 saturated heterocycles. The normalized spacial score (nSPS) is 16.5. The number of amides is 1. The van der Waals surface area contributed by atoms with E-state index in [2.05, 4.69) is 24.4 Å². The molecule has 3 aromatic rings. The highest BCUT2D eigenvalue weighted by molar-refractivity contribution is 7.89. The summed E-state index contributed by atoms with van der Waals surface area (Å²) in [5.41, 5.74) is 2.04.